The van der Waals surface area contributed by atoms with Gasteiger partial charge in [-0.2, -0.15) is 0 Å². The molecule has 0 saturated heterocycles. The lowest BCUT2D eigenvalue weighted by Crippen LogP contribution is -2.12. The molecule has 124 valence electrons. The summed E-state index contributed by atoms with van der Waals surface area (Å²) >= 11 is 12.3. The number of alkyl halides is 2. The first-order valence-electron chi connectivity index (χ1n) is 7.70. The minimum Gasteiger partial charge on any atom is -0.306 e. The lowest BCUT2D eigenvalue weighted by molar-refractivity contribution is 1.11. The molecule has 0 radical (unpaired) electrons. The lowest BCUT2D eigenvalue weighted by Gasteiger charge is -2.20. The van der Waals surface area contributed by atoms with Gasteiger partial charge in [-0.3, -0.25) is 4.79 Å². The molecule has 0 aliphatic carbocycles. The Bertz CT molecular complexity index is 977. The van der Waals surface area contributed by atoms with E-state index in [-0.39, 0.29) is 5.56 Å². The highest BCUT2D eigenvalue weighted by Gasteiger charge is 2.21. The molecule has 0 spiro atoms. The summed E-state index contributed by atoms with van der Waals surface area (Å²) in [5, 5.41) is 0.586. The second-order valence-electron chi connectivity index (χ2n) is 6.02. The third kappa shape index (κ3) is 2.62. The van der Waals surface area contributed by atoms with Gasteiger partial charge in [-0.05, 0) is 67.6 Å². The van der Waals surface area contributed by atoms with E-state index in [4.69, 9.17) is 23.2 Å². The van der Waals surface area contributed by atoms with Gasteiger partial charge in [-0.25, -0.2) is 4.98 Å². The number of nitrogens with one attached hydrogen (secondary N) is 1. The molecule has 1 aromatic heterocycles. The number of H-pyrrole nitrogens is 1. The summed E-state index contributed by atoms with van der Waals surface area (Å²) in [5.74, 6) is 0.576. The van der Waals surface area contributed by atoms with Gasteiger partial charge in [0.15, 0.2) is 0 Å². The summed E-state index contributed by atoms with van der Waals surface area (Å²) in [5.41, 5.74) is 6.52. The van der Waals surface area contributed by atoms with Crippen LogP contribution in [0.2, 0.25) is 0 Å². The third-order valence-corrected chi connectivity index (χ3v) is 5.19. The Morgan fingerprint density at radius 2 is 1.54 bits per heavy atom. The highest BCUT2D eigenvalue weighted by molar-refractivity contribution is 6.44. The van der Waals surface area contributed by atoms with Gasteiger partial charge in [-0.15, -0.1) is 23.2 Å². The number of nitrogens with zero attached hydrogens (tertiary/aromatic N) is 1. The molecule has 24 heavy (non-hydrogen) atoms. The van der Waals surface area contributed by atoms with Gasteiger partial charge in [0.2, 0.25) is 0 Å². The van der Waals surface area contributed by atoms with Crippen LogP contribution in [0.5, 0.6) is 0 Å². The van der Waals surface area contributed by atoms with Crippen molar-refractivity contribution in [2.24, 2.45) is 0 Å². The fourth-order valence-electron chi connectivity index (χ4n) is 3.23. The minimum atomic E-state index is -0.583. The van der Waals surface area contributed by atoms with Gasteiger partial charge in [0, 0.05) is 5.56 Å². The summed E-state index contributed by atoms with van der Waals surface area (Å²) in [6.07, 6.45) is 0. The lowest BCUT2D eigenvalue weighted by atomic mass is 9.89. The van der Waals surface area contributed by atoms with Gasteiger partial charge in [0.05, 0.1) is 10.9 Å². The largest absolute Gasteiger partial charge is 0.306 e. The standard InChI is InChI=1S/C19H18Cl2N2O/c1-9-11(3)16(12(4)10(2)15(9)17(20)21)18-22-14-8-6-5-7-13(14)19(24)23-18/h5-8,17H,1-4H3,(H,22,23,24). The van der Waals surface area contributed by atoms with E-state index in [0.29, 0.717) is 16.7 Å². The molecule has 0 aliphatic rings. The Kier molecular flexibility index (Phi) is 4.41. The predicted octanol–water partition coefficient (Wildman–Crippen LogP) is 5.30. The Morgan fingerprint density at radius 3 is 2.12 bits per heavy atom. The molecule has 0 amide bonds. The van der Waals surface area contributed by atoms with E-state index in [1.807, 2.05) is 45.9 Å². The van der Waals surface area contributed by atoms with Crippen molar-refractivity contribution >= 4 is 34.1 Å². The molecule has 2 aromatic carbocycles. The molecule has 1 heterocycles. The van der Waals surface area contributed by atoms with Crippen molar-refractivity contribution in [1.29, 1.82) is 0 Å². The molecule has 3 aromatic rings. The van der Waals surface area contributed by atoms with Crippen molar-refractivity contribution in [3.05, 3.63) is 62.4 Å². The SMILES string of the molecule is Cc1c(C)c(C(Cl)Cl)c(C)c(C)c1-c1nc2ccccc2c(=O)[nH]1. The number of hydrogen-bond donors (Lipinski definition) is 1. The summed E-state index contributed by atoms with van der Waals surface area (Å²) in [6.45, 7) is 8.01. The van der Waals surface area contributed by atoms with Crippen molar-refractivity contribution in [3.63, 3.8) is 0 Å². The Balaban J connectivity index is 2.37. The average molecular weight is 361 g/mol. The van der Waals surface area contributed by atoms with Crippen molar-refractivity contribution in [3.8, 4) is 11.4 Å². The zero-order valence-electron chi connectivity index (χ0n) is 14.0. The van der Waals surface area contributed by atoms with Crippen LogP contribution in [-0.4, -0.2) is 9.97 Å². The van der Waals surface area contributed by atoms with Crippen molar-refractivity contribution in [1.82, 2.24) is 9.97 Å². The van der Waals surface area contributed by atoms with Crippen molar-refractivity contribution in [2.45, 2.75) is 32.5 Å². The first kappa shape index (κ1) is 17.0. The van der Waals surface area contributed by atoms with Crippen LogP contribution in [0, 0.1) is 27.7 Å². The fraction of sp³-hybridized carbons (Fsp3) is 0.263. The second kappa shape index (κ2) is 6.23. The summed E-state index contributed by atoms with van der Waals surface area (Å²) in [6, 6.07) is 7.33. The Hall–Kier alpha value is -1.84. The Labute approximate surface area is 150 Å². The smallest absolute Gasteiger partial charge is 0.259 e. The number of halogens is 2. The van der Waals surface area contributed by atoms with Crippen LogP contribution in [0.1, 0.15) is 32.7 Å². The van der Waals surface area contributed by atoms with E-state index in [0.717, 1.165) is 33.4 Å². The molecule has 0 fully saturated rings. The average Bonchev–Trinajstić information content (AvgIpc) is 2.53. The number of benzene rings is 2. The van der Waals surface area contributed by atoms with Crippen molar-refractivity contribution < 1.29 is 0 Å². The zero-order chi connectivity index (χ0) is 17.6. The first-order valence-corrected chi connectivity index (χ1v) is 8.58. The molecule has 0 saturated carbocycles. The van der Waals surface area contributed by atoms with Crippen LogP contribution in [0.4, 0.5) is 0 Å². The fourth-order valence-corrected chi connectivity index (χ4v) is 3.88. The predicted molar refractivity (Wildman–Crippen MR) is 101 cm³/mol. The monoisotopic (exact) mass is 360 g/mol. The van der Waals surface area contributed by atoms with Crippen LogP contribution in [0.3, 0.4) is 0 Å². The van der Waals surface area contributed by atoms with E-state index < -0.39 is 4.84 Å². The molecule has 0 atom stereocenters. The number of rotatable bonds is 2. The summed E-state index contributed by atoms with van der Waals surface area (Å²) in [7, 11) is 0. The third-order valence-electron chi connectivity index (χ3n) is 4.75. The highest BCUT2D eigenvalue weighted by Crippen LogP contribution is 2.38. The number of aromatic amines is 1. The number of hydrogen-bond acceptors (Lipinski definition) is 2. The molecular weight excluding hydrogens is 343 g/mol. The molecule has 5 heteroatoms. The molecule has 3 rings (SSSR count). The van der Waals surface area contributed by atoms with Crippen LogP contribution in [0.25, 0.3) is 22.3 Å². The first-order chi connectivity index (χ1) is 11.3. The molecule has 1 N–H and O–H groups in total. The van der Waals surface area contributed by atoms with E-state index >= 15 is 0 Å². The van der Waals surface area contributed by atoms with Gasteiger partial charge in [0.1, 0.15) is 10.7 Å². The Morgan fingerprint density at radius 1 is 0.958 bits per heavy atom. The van der Waals surface area contributed by atoms with Gasteiger partial charge in [0.25, 0.3) is 5.56 Å². The van der Waals surface area contributed by atoms with Gasteiger partial charge >= 0.3 is 0 Å². The molecule has 3 nitrogen and oxygen atoms in total. The van der Waals surface area contributed by atoms with E-state index in [1.165, 1.54) is 0 Å². The van der Waals surface area contributed by atoms with Crippen LogP contribution in [0.15, 0.2) is 29.1 Å². The van der Waals surface area contributed by atoms with Gasteiger partial charge in [-0.1, -0.05) is 12.1 Å². The maximum absolute atomic E-state index is 12.4. The van der Waals surface area contributed by atoms with Crippen molar-refractivity contribution in [2.75, 3.05) is 0 Å². The molecule has 0 unspecified atom stereocenters. The molecular formula is C19H18Cl2N2O. The maximum atomic E-state index is 12.4. The van der Waals surface area contributed by atoms with Crippen LogP contribution < -0.4 is 5.56 Å². The number of aromatic nitrogens is 2. The maximum Gasteiger partial charge on any atom is 0.259 e. The minimum absolute atomic E-state index is 0.138. The number of fused-ring (bicyclic) bond motifs is 1. The van der Waals surface area contributed by atoms with Crippen LogP contribution in [-0.2, 0) is 0 Å². The van der Waals surface area contributed by atoms with E-state index in [2.05, 4.69) is 9.97 Å². The quantitative estimate of drug-likeness (QED) is 0.630. The molecule has 0 bridgehead atoms. The van der Waals surface area contributed by atoms with Gasteiger partial charge < -0.3 is 4.98 Å². The number of para-hydroxylation sites is 1. The highest BCUT2D eigenvalue weighted by atomic mass is 35.5. The topological polar surface area (TPSA) is 45.8 Å². The normalized spacial score (nSPS) is 11.5. The molecule has 0 aliphatic heterocycles. The zero-order valence-corrected chi connectivity index (χ0v) is 15.5. The van der Waals surface area contributed by atoms with E-state index in [9.17, 15) is 4.79 Å². The van der Waals surface area contributed by atoms with Crippen LogP contribution >= 0.6 is 23.2 Å². The van der Waals surface area contributed by atoms with E-state index in [1.54, 1.807) is 6.07 Å². The summed E-state index contributed by atoms with van der Waals surface area (Å²) in [4.78, 5) is 19.4. The second-order valence-corrected chi connectivity index (χ2v) is 7.12. The summed E-state index contributed by atoms with van der Waals surface area (Å²) < 4.78 is 0.